The number of rotatable bonds is 2. The molecule has 4 heteroatoms. The van der Waals surface area contributed by atoms with Gasteiger partial charge in [-0.1, -0.05) is 18.2 Å². The lowest BCUT2D eigenvalue weighted by molar-refractivity contribution is -0.134. The standard InChI is InChI=1S/C16H20N2O2/c19-15(13-7-2-1-3-8-13)18-12-6-9-14(18)16(20)17-10-4-5-11-17/h1-3,7-8,14H,4-6,9-12H2. The molecule has 2 fully saturated rings. The summed E-state index contributed by atoms with van der Waals surface area (Å²) in [6.45, 7) is 2.39. The quantitative estimate of drug-likeness (QED) is 0.825. The van der Waals surface area contributed by atoms with E-state index in [0.29, 0.717) is 12.1 Å². The third-order valence-electron chi connectivity index (χ3n) is 4.24. The van der Waals surface area contributed by atoms with Crippen molar-refractivity contribution in [3.05, 3.63) is 35.9 Å². The van der Waals surface area contributed by atoms with Gasteiger partial charge in [-0.3, -0.25) is 9.59 Å². The van der Waals surface area contributed by atoms with Gasteiger partial charge in [0, 0.05) is 25.2 Å². The Labute approximate surface area is 119 Å². The summed E-state index contributed by atoms with van der Waals surface area (Å²) in [4.78, 5) is 28.7. The van der Waals surface area contributed by atoms with E-state index in [9.17, 15) is 9.59 Å². The molecule has 0 aliphatic carbocycles. The summed E-state index contributed by atoms with van der Waals surface area (Å²) >= 11 is 0. The fourth-order valence-corrected chi connectivity index (χ4v) is 3.16. The molecular formula is C16H20N2O2. The van der Waals surface area contributed by atoms with Crippen LogP contribution >= 0.6 is 0 Å². The van der Waals surface area contributed by atoms with Gasteiger partial charge in [-0.05, 0) is 37.8 Å². The van der Waals surface area contributed by atoms with Crippen molar-refractivity contribution < 1.29 is 9.59 Å². The van der Waals surface area contributed by atoms with Crippen LogP contribution in [0.1, 0.15) is 36.0 Å². The maximum absolute atomic E-state index is 12.5. The van der Waals surface area contributed by atoms with E-state index in [4.69, 9.17) is 0 Å². The summed E-state index contributed by atoms with van der Waals surface area (Å²) in [5.41, 5.74) is 0.675. The molecule has 20 heavy (non-hydrogen) atoms. The van der Waals surface area contributed by atoms with Crippen molar-refractivity contribution in [2.75, 3.05) is 19.6 Å². The molecule has 2 saturated heterocycles. The van der Waals surface area contributed by atoms with Crippen molar-refractivity contribution in [2.45, 2.75) is 31.7 Å². The molecule has 1 aromatic rings. The fraction of sp³-hybridized carbons (Fsp3) is 0.500. The van der Waals surface area contributed by atoms with Crippen molar-refractivity contribution in [3.63, 3.8) is 0 Å². The number of amides is 2. The molecule has 1 aromatic carbocycles. The molecule has 0 spiro atoms. The first-order valence-electron chi connectivity index (χ1n) is 7.42. The van der Waals surface area contributed by atoms with Gasteiger partial charge in [0.25, 0.3) is 5.91 Å². The molecule has 0 radical (unpaired) electrons. The van der Waals surface area contributed by atoms with E-state index in [-0.39, 0.29) is 17.9 Å². The van der Waals surface area contributed by atoms with Crippen molar-refractivity contribution >= 4 is 11.8 Å². The summed E-state index contributed by atoms with van der Waals surface area (Å²) < 4.78 is 0. The number of carbonyl (C=O) groups is 2. The highest BCUT2D eigenvalue weighted by Gasteiger charge is 2.37. The van der Waals surface area contributed by atoms with Crippen molar-refractivity contribution in [1.82, 2.24) is 9.80 Å². The average Bonchev–Trinajstić information content (AvgIpc) is 3.18. The lowest BCUT2D eigenvalue weighted by Crippen LogP contribution is -2.46. The first-order chi connectivity index (χ1) is 9.77. The van der Waals surface area contributed by atoms with Crippen LogP contribution in [0.25, 0.3) is 0 Å². The minimum Gasteiger partial charge on any atom is -0.341 e. The van der Waals surface area contributed by atoms with Gasteiger partial charge in [0.2, 0.25) is 5.91 Å². The molecule has 2 aliphatic rings. The van der Waals surface area contributed by atoms with Crippen LogP contribution in [0.5, 0.6) is 0 Å². The molecule has 0 N–H and O–H groups in total. The summed E-state index contributed by atoms with van der Waals surface area (Å²) in [5, 5.41) is 0. The number of hydrogen-bond donors (Lipinski definition) is 0. The second-order valence-electron chi connectivity index (χ2n) is 5.55. The van der Waals surface area contributed by atoms with Gasteiger partial charge in [-0.25, -0.2) is 0 Å². The maximum atomic E-state index is 12.5. The molecular weight excluding hydrogens is 252 g/mol. The molecule has 3 rings (SSSR count). The average molecular weight is 272 g/mol. The predicted molar refractivity (Wildman–Crippen MR) is 76.3 cm³/mol. The van der Waals surface area contributed by atoms with Gasteiger partial charge in [0.1, 0.15) is 6.04 Å². The zero-order chi connectivity index (χ0) is 13.9. The van der Waals surface area contributed by atoms with E-state index in [1.165, 1.54) is 0 Å². The van der Waals surface area contributed by atoms with Crippen LogP contribution in [0, 0.1) is 0 Å². The van der Waals surface area contributed by atoms with Crippen LogP contribution < -0.4 is 0 Å². The second-order valence-corrected chi connectivity index (χ2v) is 5.55. The van der Waals surface area contributed by atoms with Gasteiger partial charge >= 0.3 is 0 Å². The number of nitrogens with zero attached hydrogens (tertiary/aromatic N) is 2. The smallest absolute Gasteiger partial charge is 0.254 e. The lowest BCUT2D eigenvalue weighted by Gasteiger charge is -2.27. The zero-order valence-electron chi connectivity index (χ0n) is 11.6. The van der Waals surface area contributed by atoms with Gasteiger partial charge in [-0.15, -0.1) is 0 Å². The molecule has 0 aromatic heterocycles. The number of likely N-dealkylation sites (tertiary alicyclic amines) is 2. The normalized spacial score (nSPS) is 22.3. The fourth-order valence-electron chi connectivity index (χ4n) is 3.16. The van der Waals surface area contributed by atoms with Gasteiger partial charge < -0.3 is 9.80 Å². The molecule has 4 nitrogen and oxygen atoms in total. The molecule has 2 amide bonds. The molecule has 2 heterocycles. The maximum Gasteiger partial charge on any atom is 0.254 e. The van der Waals surface area contributed by atoms with Crippen LogP contribution in [-0.2, 0) is 4.79 Å². The minimum atomic E-state index is -0.249. The summed E-state index contributed by atoms with van der Waals surface area (Å²) in [6, 6.07) is 9.01. The van der Waals surface area contributed by atoms with Crippen molar-refractivity contribution in [1.29, 1.82) is 0 Å². The van der Waals surface area contributed by atoms with E-state index < -0.39 is 0 Å². The molecule has 0 bridgehead atoms. The topological polar surface area (TPSA) is 40.6 Å². The number of hydrogen-bond acceptors (Lipinski definition) is 2. The molecule has 0 saturated carbocycles. The molecule has 106 valence electrons. The lowest BCUT2D eigenvalue weighted by atomic mass is 10.1. The van der Waals surface area contributed by atoms with E-state index in [1.807, 2.05) is 35.2 Å². The Morgan fingerprint density at radius 3 is 2.35 bits per heavy atom. The Morgan fingerprint density at radius 1 is 0.950 bits per heavy atom. The predicted octanol–water partition coefficient (Wildman–Crippen LogP) is 1.91. The number of carbonyl (C=O) groups excluding carboxylic acids is 2. The van der Waals surface area contributed by atoms with E-state index in [1.54, 1.807) is 4.90 Å². The van der Waals surface area contributed by atoms with Gasteiger partial charge in [0.05, 0.1) is 0 Å². The highest BCUT2D eigenvalue weighted by atomic mass is 16.2. The third-order valence-corrected chi connectivity index (χ3v) is 4.24. The Morgan fingerprint density at radius 2 is 1.65 bits per heavy atom. The van der Waals surface area contributed by atoms with Gasteiger partial charge in [0.15, 0.2) is 0 Å². The van der Waals surface area contributed by atoms with Crippen LogP contribution in [0.4, 0.5) is 0 Å². The zero-order valence-corrected chi connectivity index (χ0v) is 11.6. The van der Waals surface area contributed by atoms with Crippen LogP contribution in [0.2, 0.25) is 0 Å². The Bertz CT molecular complexity index is 494. The van der Waals surface area contributed by atoms with Crippen LogP contribution in [0.15, 0.2) is 30.3 Å². The van der Waals surface area contributed by atoms with E-state index >= 15 is 0 Å². The molecule has 2 aliphatic heterocycles. The van der Waals surface area contributed by atoms with Crippen molar-refractivity contribution in [3.8, 4) is 0 Å². The highest BCUT2D eigenvalue weighted by molar-refractivity contribution is 5.97. The van der Waals surface area contributed by atoms with Crippen LogP contribution in [0.3, 0.4) is 0 Å². The molecule has 1 unspecified atom stereocenters. The summed E-state index contributed by atoms with van der Waals surface area (Å²) in [5.74, 6) is 0.130. The Balaban J connectivity index is 1.75. The third kappa shape index (κ3) is 2.42. The Kier molecular flexibility index (Phi) is 3.72. The highest BCUT2D eigenvalue weighted by Crippen LogP contribution is 2.23. The van der Waals surface area contributed by atoms with E-state index in [0.717, 1.165) is 38.8 Å². The van der Waals surface area contributed by atoms with E-state index in [2.05, 4.69) is 0 Å². The minimum absolute atomic E-state index is 0.0133. The van der Waals surface area contributed by atoms with Crippen LogP contribution in [-0.4, -0.2) is 47.3 Å². The Hall–Kier alpha value is -1.84. The second kappa shape index (κ2) is 5.65. The monoisotopic (exact) mass is 272 g/mol. The first-order valence-corrected chi connectivity index (χ1v) is 7.42. The van der Waals surface area contributed by atoms with Gasteiger partial charge in [-0.2, -0.15) is 0 Å². The number of benzene rings is 1. The SMILES string of the molecule is O=C(C1CCCN1C(=O)c1ccccc1)N1CCCC1. The first kappa shape index (κ1) is 13.2. The largest absolute Gasteiger partial charge is 0.341 e. The molecule has 1 atom stereocenters. The summed E-state index contributed by atoms with van der Waals surface area (Å²) in [7, 11) is 0. The summed E-state index contributed by atoms with van der Waals surface area (Å²) in [6.07, 6.45) is 3.90. The van der Waals surface area contributed by atoms with Crippen molar-refractivity contribution in [2.24, 2.45) is 0 Å².